The third-order valence-corrected chi connectivity index (χ3v) is 7.13. The first-order valence-corrected chi connectivity index (χ1v) is 11.6. The van der Waals surface area contributed by atoms with Crippen molar-refractivity contribution in [2.45, 2.75) is 36.9 Å². The number of thioether (sulfide) groups is 1. The molecule has 1 aliphatic rings. The highest BCUT2D eigenvalue weighted by Gasteiger charge is 2.21. The Hall–Kier alpha value is -1.83. The van der Waals surface area contributed by atoms with E-state index in [-0.39, 0.29) is 0 Å². The van der Waals surface area contributed by atoms with Crippen LogP contribution in [-0.4, -0.2) is 52.2 Å². The number of para-hydroxylation sites is 2. The Labute approximate surface area is 174 Å². The van der Waals surface area contributed by atoms with Gasteiger partial charge in [-0.25, -0.2) is 0 Å². The van der Waals surface area contributed by atoms with Crippen LogP contribution in [0.15, 0.2) is 46.9 Å². The molecule has 28 heavy (non-hydrogen) atoms. The lowest BCUT2D eigenvalue weighted by Crippen LogP contribution is -2.36. The summed E-state index contributed by atoms with van der Waals surface area (Å²) in [5, 5.41) is 12.1. The average molecular weight is 415 g/mol. The van der Waals surface area contributed by atoms with Crippen LogP contribution in [0.2, 0.25) is 0 Å². The van der Waals surface area contributed by atoms with Crippen LogP contribution in [-0.2, 0) is 0 Å². The van der Waals surface area contributed by atoms with Crippen molar-refractivity contribution < 1.29 is 4.74 Å². The predicted octanol–water partition coefficient (Wildman–Crippen LogP) is 4.97. The maximum atomic E-state index is 5.62. The smallest absolute Gasteiger partial charge is 0.196 e. The summed E-state index contributed by atoms with van der Waals surface area (Å²) in [5.74, 6) is 2.73. The van der Waals surface area contributed by atoms with Crippen LogP contribution in [0.25, 0.3) is 16.4 Å². The van der Waals surface area contributed by atoms with Gasteiger partial charge in [-0.05, 0) is 56.4 Å². The fourth-order valence-corrected chi connectivity index (χ4v) is 5.44. The van der Waals surface area contributed by atoms with E-state index in [0.29, 0.717) is 6.04 Å². The van der Waals surface area contributed by atoms with Crippen LogP contribution in [0.4, 0.5) is 0 Å². The molecular weight excluding hydrogens is 388 g/mol. The molecule has 0 amide bonds. The number of nitrogens with zero attached hydrogens (tertiary/aromatic N) is 4. The topological polar surface area (TPSA) is 43.2 Å². The Balaban J connectivity index is 1.60. The van der Waals surface area contributed by atoms with E-state index in [0.717, 1.165) is 33.0 Å². The highest BCUT2D eigenvalue weighted by molar-refractivity contribution is 7.99. The van der Waals surface area contributed by atoms with E-state index in [1.54, 1.807) is 30.2 Å². The molecule has 0 aliphatic carbocycles. The number of thiophene rings is 1. The lowest BCUT2D eigenvalue weighted by atomic mass is 10.0. The molecule has 1 atom stereocenters. The molecule has 7 heteroatoms. The molecule has 3 aromatic rings. The van der Waals surface area contributed by atoms with Crippen molar-refractivity contribution in [3.63, 3.8) is 0 Å². The summed E-state index contributed by atoms with van der Waals surface area (Å²) in [6.07, 6.45) is 5.15. The van der Waals surface area contributed by atoms with Gasteiger partial charge in [0, 0.05) is 11.8 Å². The van der Waals surface area contributed by atoms with Gasteiger partial charge in [0.1, 0.15) is 5.75 Å². The number of rotatable bonds is 7. The van der Waals surface area contributed by atoms with Gasteiger partial charge in [-0.1, -0.05) is 36.4 Å². The van der Waals surface area contributed by atoms with Gasteiger partial charge in [0.15, 0.2) is 11.0 Å². The number of ether oxygens (including phenoxy) is 1. The zero-order chi connectivity index (χ0) is 19.3. The van der Waals surface area contributed by atoms with Crippen molar-refractivity contribution in [1.29, 1.82) is 0 Å². The fourth-order valence-electron chi connectivity index (χ4n) is 3.76. The lowest BCUT2D eigenvalue weighted by Gasteiger charge is -2.32. The van der Waals surface area contributed by atoms with E-state index < -0.39 is 0 Å². The minimum Gasteiger partial charge on any atom is -0.495 e. The Kier molecular flexibility index (Phi) is 6.34. The summed E-state index contributed by atoms with van der Waals surface area (Å²) in [6.45, 7) is 1.22. The Morgan fingerprint density at radius 2 is 2.07 bits per heavy atom. The molecule has 1 aliphatic heterocycles. The van der Waals surface area contributed by atoms with Gasteiger partial charge in [0.2, 0.25) is 0 Å². The minimum atomic E-state index is 0.681. The molecule has 148 valence electrons. The van der Waals surface area contributed by atoms with Crippen LogP contribution in [0.1, 0.15) is 25.7 Å². The number of hydrogen-bond donors (Lipinski definition) is 0. The molecule has 0 N–H and O–H groups in total. The third-order valence-electron chi connectivity index (χ3n) is 5.30. The van der Waals surface area contributed by atoms with E-state index in [2.05, 4.69) is 44.2 Å². The largest absolute Gasteiger partial charge is 0.495 e. The highest BCUT2D eigenvalue weighted by Crippen LogP contribution is 2.34. The molecule has 1 aromatic carbocycles. The molecule has 0 bridgehead atoms. The molecule has 0 saturated carbocycles. The molecule has 1 unspecified atom stereocenters. The van der Waals surface area contributed by atoms with E-state index in [9.17, 15) is 0 Å². The Morgan fingerprint density at radius 3 is 2.86 bits per heavy atom. The number of piperidine rings is 1. The van der Waals surface area contributed by atoms with Crippen molar-refractivity contribution in [2.75, 3.05) is 26.5 Å². The Bertz CT molecular complexity index is 894. The Morgan fingerprint density at radius 1 is 1.18 bits per heavy atom. The molecule has 1 saturated heterocycles. The highest BCUT2D eigenvalue weighted by atomic mass is 32.2. The standard InChI is InChI=1S/C21H26N4OS2/c1-24-13-6-5-8-16(24)12-15-28-21-23-22-20(19-11-7-14-27-19)25(21)17-9-3-4-10-18(17)26-2/h3-4,7,9-11,14,16H,5-6,8,12-13,15H2,1-2H3. The molecule has 2 aromatic heterocycles. The van der Waals surface area contributed by atoms with E-state index in [4.69, 9.17) is 4.74 Å². The van der Waals surface area contributed by atoms with Gasteiger partial charge in [0.25, 0.3) is 0 Å². The van der Waals surface area contributed by atoms with Crippen molar-refractivity contribution in [1.82, 2.24) is 19.7 Å². The molecule has 3 heterocycles. The molecule has 5 nitrogen and oxygen atoms in total. The van der Waals surface area contributed by atoms with Gasteiger partial charge in [-0.2, -0.15) is 0 Å². The van der Waals surface area contributed by atoms with Crippen LogP contribution in [0, 0.1) is 0 Å². The first kappa shape index (κ1) is 19.5. The maximum Gasteiger partial charge on any atom is 0.196 e. The molecular formula is C21H26N4OS2. The van der Waals surface area contributed by atoms with Crippen LogP contribution in [0.3, 0.4) is 0 Å². The first-order chi connectivity index (χ1) is 13.8. The zero-order valence-electron chi connectivity index (χ0n) is 16.4. The van der Waals surface area contributed by atoms with Crippen LogP contribution in [0.5, 0.6) is 5.75 Å². The summed E-state index contributed by atoms with van der Waals surface area (Å²) in [6, 6.07) is 12.9. The quantitative estimate of drug-likeness (QED) is 0.511. The number of methoxy groups -OCH3 is 1. The SMILES string of the molecule is COc1ccccc1-n1c(SCCC2CCCCN2C)nnc1-c1cccs1. The number of benzene rings is 1. The van der Waals surface area contributed by atoms with Crippen LogP contribution >= 0.6 is 23.1 Å². The zero-order valence-corrected chi connectivity index (χ0v) is 18.0. The molecule has 0 spiro atoms. The monoisotopic (exact) mass is 414 g/mol. The third kappa shape index (κ3) is 4.11. The van der Waals surface area contributed by atoms with Gasteiger partial charge < -0.3 is 9.64 Å². The second-order valence-corrected chi connectivity index (χ2v) is 9.07. The van der Waals surface area contributed by atoms with Crippen molar-refractivity contribution in [2.24, 2.45) is 0 Å². The van der Waals surface area contributed by atoms with Crippen molar-refractivity contribution in [3.8, 4) is 22.1 Å². The molecule has 0 radical (unpaired) electrons. The summed E-state index contributed by atoms with van der Waals surface area (Å²) in [7, 11) is 3.96. The molecule has 1 fully saturated rings. The fraction of sp³-hybridized carbons (Fsp3) is 0.429. The second-order valence-electron chi connectivity index (χ2n) is 7.06. The number of likely N-dealkylation sites (tertiary alicyclic amines) is 1. The van der Waals surface area contributed by atoms with Gasteiger partial charge in [-0.3, -0.25) is 4.57 Å². The maximum absolute atomic E-state index is 5.62. The van der Waals surface area contributed by atoms with Gasteiger partial charge in [0.05, 0.1) is 17.7 Å². The van der Waals surface area contributed by atoms with Gasteiger partial charge in [-0.15, -0.1) is 21.5 Å². The van der Waals surface area contributed by atoms with E-state index in [1.807, 2.05) is 24.3 Å². The lowest BCUT2D eigenvalue weighted by molar-refractivity contribution is 0.182. The normalized spacial score (nSPS) is 17.7. The summed E-state index contributed by atoms with van der Waals surface area (Å²) < 4.78 is 7.76. The summed E-state index contributed by atoms with van der Waals surface area (Å²) >= 11 is 3.47. The van der Waals surface area contributed by atoms with E-state index >= 15 is 0 Å². The minimum absolute atomic E-state index is 0.681. The second kappa shape index (κ2) is 9.11. The first-order valence-electron chi connectivity index (χ1n) is 9.73. The van der Waals surface area contributed by atoms with Crippen molar-refractivity contribution in [3.05, 3.63) is 41.8 Å². The van der Waals surface area contributed by atoms with E-state index in [1.165, 1.54) is 32.2 Å². The van der Waals surface area contributed by atoms with Crippen LogP contribution < -0.4 is 4.74 Å². The predicted molar refractivity (Wildman–Crippen MR) is 117 cm³/mol. The van der Waals surface area contributed by atoms with Gasteiger partial charge >= 0.3 is 0 Å². The average Bonchev–Trinajstić information content (AvgIpc) is 3.39. The number of hydrogen-bond acceptors (Lipinski definition) is 6. The summed E-state index contributed by atoms with van der Waals surface area (Å²) in [5.41, 5.74) is 0.982. The summed E-state index contributed by atoms with van der Waals surface area (Å²) in [4.78, 5) is 3.61. The number of aromatic nitrogens is 3. The molecule has 4 rings (SSSR count). The van der Waals surface area contributed by atoms with Crippen molar-refractivity contribution >= 4 is 23.1 Å².